The van der Waals surface area contributed by atoms with E-state index >= 15 is 0 Å². The fraction of sp³-hybridized carbons (Fsp3) is 0.0714. The molecule has 2 heterocycles. The minimum atomic E-state index is 0.438. The average molecular weight is 249 g/mol. The molecular weight excluding hydrogens is 238 g/mol. The average Bonchev–Trinajstić information content (AvgIpc) is 2.92. The third kappa shape index (κ3) is 1.89. The molecule has 5 heteroatoms. The van der Waals surface area contributed by atoms with E-state index in [9.17, 15) is 5.26 Å². The maximum atomic E-state index is 9.29. The highest BCUT2D eigenvalue weighted by Gasteiger charge is 2.13. The van der Waals surface area contributed by atoms with E-state index in [1.54, 1.807) is 12.5 Å². The van der Waals surface area contributed by atoms with E-state index in [1.165, 1.54) is 0 Å². The second kappa shape index (κ2) is 4.42. The minimum Gasteiger partial charge on any atom is -0.397 e. The first kappa shape index (κ1) is 11.2. The second-order valence-corrected chi connectivity index (χ2v) is 4.23. The highest BCUT2D eigenvalue weighted by molar-refractivity contribution is 5.93. The van der Waals surface area contributed by atoms with E-state index in [0.717, 1.165) is 16.6 Å². The summed E-state index contributed by atoms with van der Waals surface area (Å²) < 4.78 is 0. The Morgan fingerprint density at radius 3 is 2.89 bits per heavy atom. The lowest BCUT2D eigenvalue weighted by Gasteiger charge is -2.08. The Balaban J connectivity index is 2.21. The number of pyridine rings is 1. The zero-order valence-electron chi connectivity index (χ0n) is 10.1. The fourth-order valence-corrected chi connectivity index (χ4v) is 2.10. The largest absolute Gasteiger partial charge is 0.397 e. The second-order valence-electron chi connectivity index (χ2n) is 4.23. The SMILES string of the molecule is N#Cc1c(Cc2cnc[nH]2)nc2ccccc2c1N. The number of imidazole rings is 1. The predicted octanol–water partition coefficient (Wildman–Crippen LogP) is 2.00. The number of aromatic nitrogens is 3. The lowest BCUT2D eigenvalue weighted by molar-refractivity contribution is 1.04. The predicted molar refractivity (Wildman–Crippen MR) is 72.3 cm³/mol. The van der Waals surface area contributed by atoms with Crippen molar-refractivity contribution in [1.82, 2.24) is 15.0 Å². The zero-order chi connectivity index (χ0) is 13.2. The molecule has 0 bridgehead atoms. The molecule has 0 aliphatic rings. The first-order valence-corrected chi connectivity index (χ1v) is 5.84. The number of fused-ring (bicyclic) bond motifs is 1. The third-order valence-corrected chi connectivity index (χ3v) is 3.03. The third-order valence-electron chi connectivity index (χ3n) is 3.03. The van der Waals surface area contributed by atoms with Gasteiger partial charge in [-0.2, -0.15) is 5.26 Å². The Bertz CT molecular complexity index is 768. The number of benzene rings is 1. The summed E-state index contributed by atoms with van der Waals surface area (Å²) in [5, 5.41) is 10.1. The highest BCUT2D eigenvalue weighted by atomic mass is 14.9. The smallest absolute Gasteiger partial charge is 0.103 e. The number of H-pyrrole nitrogens is 1. The fourth-order valence-electron chi connectivity index (χ4n) is 2.10. The van der Waals surface area contributed by atoms with Crippen LogP contribution in [0.5, 0.6) is 0 Å². The normalized spacial score (nSPS) is 10.5. The summed E-state index contributed by atoms with van der Waals surface area (Å²) in [4.78, 5) is 11.5. The van der Waals surface area contributed by atoms with Crippen molar-refractivity contribution in [3.8, 4) is 6.07 Å². The minimum absolute atomic E-state index is 0.438. The van der Waals surface area contributed by atoms with E-state index in [0.29, 0.717) is 23.4 Å². The van der Waals surface area contributed by atoms with Crippen molar-refractivity contribution in [3.63, 3.8) is 0 Å². The Labute approximate surface area is 109 Å². The number of rotatable bonds is 2. The van der Waals surface area contributed by atoms with Crippen LogP contribution in [0.4, 0.5) is 5.69 Å². The molecule has 0 aliphatic heterocycles. The summed E-state index contributed by atoms with van der Waals surface area (Å²) in [5.41, 5.74) is 9.37. The van der Waals surface area contributed by atoms with Gasteiger partial charge in [-0.3, -0.25) is 4.98 Å². The Morgan fingerprint density at radius 1 is 1.32 bits per heavy atom. The molecule has 0 fully saturated rings. The monoisotopic (exact) mass is 249 g/mol. The van der Waals surface area contributed by atoms with Gasteiger partial charge in [-0.25, -0.2) is 4.98 Å². The van der Waals surface area contributed by atoms with E-state index in [1.807, 2.05) is 24.3 Å². The lowest BCUT2D eigenvalue weighted by atomic mass is 10.0. The summed E-state index contributed by atoms with van der Waals surface area (Å²) in [6.07, 6.45) is 3.83. The number of nitrogens with zero attached hydrogens (tertiary/aromatic N) is 3. The van der Waals surface area contributed by atoms with Crippen LogP contribution in [0.15, 0.2) is 36.8 Å². The maximum Gasteiger partial charge on any atom is 0.103 e. The Hall–Kier alpha value is -2.87. The number of para-hydroxylation sites is 1. The van der Waals surface area contributed by atoms with E-state index in [-0.39, 0.29) is 0 Å². The van der Waals surface area contributed by atoms with Gasteiger partial charge in [0, 0.05) is 23.7 Å². The van der Waals surface area contributed by atoms with Crippen molar-refractivity contribution in [2.45, 2.75) is 6.42 Å². The summed E-state index contributed by atoms with van der Waals surface area (Å²) in [5.74, 6) is 0. The van der Waals surface area contributed by atoms with Crippen molar-refractivity contribution in [2.75, 3.05) is 5.73 Å². The van der Waals surface area contributed by atoms with Crippen molar-refractivity contribution in [3.05, 3.63) is 53.7 Å². The van der Waals surface area contributed by atoms with Crippen LogP contribution in [0, 0.1) is 11.3 Å². The summed E-state index contributed by atoms with van der Waals surface area (Å²) in [6, 6.07) is 9.70. The molecule has 0 radical (unpaired) electrons. The van der Waals surface area contributed by atoms with E-state index in [4.69, 9.17) is 5.73 Å². The van der Waals surface area contributed by atoms with Gasteiger partial charge in [-0.1, -0.05) is 18.2 Å². The number of aromatic amines is 1. The standard InChI is InChI=1S/C14H11N5/c15-6-11-13(5-9-7-17-8-18-9)19-12-4-2-1-3-10(12)14(11)16/h1-4,7-8H,5H2,(H2,16,19)(H,17,18). The molecule has 0 aliphatic carbocycles. The molecular formula is C14H11N5. The van der Waals surface area contributed by atoms with E-state index < -0.39 is 0 Å². The van der Waals surface area contributed by atoms with Gasteiger partial charge in [0.25, 0.3) is 0 Å². The van der Waals surface area contributed by atoms with Crippen molar-refractivity contribution >= 4 is 16.6 Å². The first-order valence-electron chi connectivity index (χ1n) is 5.84. The molecule has 0 saturated heterocycles. The summed E-state index contributed by atoms with van der Waals surface area (Å²) in [7, 11) is 0. The van der Waals surface area contributed by atoms with Crippen LogP contribution in [-0.4, -0.2) is 15.0 Å². The van der Waals surface area contributed by atoms with Crippen molar-refractivity contribution < 1.29 is 0 Å². The van der Waals surface area contributed by atoms with Crippen LogP contribution in [0.3, 0.4) is 0 Å². The summed E-state index contributed by atoms with van der Waals surface area (Å²) >= 11 is 0. The van der Waals surface area contributed by atoms with Crippen LogP contribution in [0.2, 0.25) is 0 Å². The molecule has 19 heavy (non-hydrogen) atoms. The van der Waals surface area contributed by atoms with Crippen LogP contribution >= 0.6 is 0 Å². The van der Waals surface area contributed by atoms with Gasteiger partial charge in [0.15, 0.2) is 0 Å². The molecule has 1 aromatic carbocycles. The van der Waals surface area contributed by atoms with Gasteiger partial charge >= 0.3 is 0 Å². The molecule has 92 valence electrons. The number of anilines is 1. The Kier molecular flexibility index (Phi) is 2.62. The van der Waals surface area contributed by atoms with Gasteiger partial charge < -0.3 is 10.7 Å². The van der Waals surface area contributed by atoms with Crippen LogP contribution in [0.1, 0.15) is 17.0 Å². The topological polar surface area (TPSA) is 91.4 Å². The number of nitriles is 1. The van der Waals surface area contributed by atoms with Crippen molar-refractivity contribution in [2.24, 2.45) is 0 Å². The molecule has 5 nitrogen and oxygen atoms in total. The van der Waals surface area contributed by atoms with E-state index in [2.05, 4.69) is 21.0 Å². The molecule has 0 amide bonds. The number of nitrogens with one attached hydrogen (secondary N) is 1. The van der Waals surface area contributed by atoms with Crippen molar-refractivity contribution in [1.29, 1.82) is 5.26 Å². The summed E-state index contributed by atoms with van der Waals surface area (Å²) in [6.45, 7) is 0. The maximum absolute atomic E-state index is 9.29. The van der Waals surface area contributed by atoms with Crippen LogP contribution < -0.4 is 5.73 Å². The van der Waals surface area contributed by atoms with Crippen LogP contribution in [-0.2, 0) is 6.42 Å². The van der Waals surface area contributed by atoms with Gasteiger partial charge in [0.1, 0.15) is 6.07 Å². The van der Waals surface area contributed by atoms with Gasteiger partial charge in [0.05, 0.1) is 28.8 Å². The number of nitrogen functional groups attached to an aromatic ring is 1. The molecule has 0 saturated carbocycles. The number of hydrogen-bond acceptors (Lipinski definition) is 4. The molecule has 3 rings (SSSR count). The van der Waals surface area contributed by atoms with Gasteiger partial charge in [0.2, 0.25) is 0 Å². The molecule has 3 aromatic rings. The number of nitrogens with two attached hydrogens (primary N) is 1. The quantitative estimate of drug-likeness (QED) is 0.726. The first-order chi connectivity index (χ1) is 9.29. The van der Waals surface area contributed by atoms with Gasteiger partial charge in [-0.05, 0) is 6.07 Å². The lowest BCUT2D eigenvalue weighted by Crippen LogP contribution is -2.03. The zero-order valence-corrected chi connectivity index (χ0v) is 10.1. The van der Waals surface area contributed by atoms with Crippen LogP contribution in [0.25, 0.3) is 10.9 Å². The molecule has 0 spiro atoms. The molecule has 0 unspecified atom stereocenters. The Morgan fingerprint density at radius 2 is 2.16 bits per heavy atom. The highest BCUT2D eigenvalue weighted by Crippen LogP contribution is 2.26. The van der Waals surface area contributed by atoms with Gasteiger partial charge in [-0.15, -0.1) is 0 Å². The molecule has 0 atom stereocenters. The number of hydrogen-bond donors (Lipinski definition) is 2. The molecule has 3 N–H and O–H groups in total. The molecule has 2 aromatic heterocycles.